The third-order valence-electron chi connectivity index (χ3n) is 3.62. The lowest BCUT2D eigenvalue weighted by atomic mass is 10.1. The molecule has 0 aromatic carbocycles. The number of hydrogen-bond acceptors (Lipinski definition) is 4. The summed E-state index contributed by atoms with van der Waals surface area (Å²) in [7, 11) is 0. The van der Waals surface area contributed by atoms with E-state index in [1.807, 2.05) is 18.7 Å². The van der Waals surface area contributed by atoms with Crippen molar-refractivity contribution in [3.63, 3.8) is 0 Å². The molecule has 1 saturated carbocycles. The first-order valence-corrected chi connectivity index (χ1v) is 6.93. The summed E-state index contributed by atoms with van der Waals surface area (Å²) in [5, 5.41) is 16.0. The molecule has 0 bridgehead atoms. The Bertz CT molecular complexity index is 492. The molecule has 1 aliphatic carbocycles. The zero-order valence-electron chi connectivity index (χ0n) is 11.8. The highest BCUT2D eigenvalue weighted by molar-refractivity contribution is 5.84. The van der Waals surface area contributed by atoms with Crippen LogP contribution in [0.2, 0.25) is 0 Å². The molecule has 2 rings (SSSR count). The minimum Gasteiger partial charge on any atom is -0.476 e. The molecule has 1 amide bonds. The Morgan fingerprint density at radius 2 is 2.10 bits per heavy atom. The number of rotatable bonds is 5. The SMILES string of the molecule is CC(C)N(C(=O)Cn1cc(C(=O)O)nn1)C1CCCC1. The van der Waals surface area contributed by atoms with Crippen LogP contribution in [0.4, 0.5) is 0 Å². The van der Waals surface area contributed by atoms with Gasteiger partial charge in [-0.3, -0.25) is 4.79 Å². The van der Waals surface area contributed by atoms with E-state index in [-0.39, 0.29) is 24.2 Å². The van der Waals surface area contributed by atoms with Crippen LogP contribution in [0, 0.1) is 0 Å². The fourth-order valence-corrected chi connectivity index (χ4v) is 2.79. The van der Waals surface area contributed by atoms with Gasteiger partial charge in [-0.25, -0.2) is 9.48 Å². The zero-order chi connectivity index (χ0) is 14.7. The van der Waals surface area contributed by atoms with E-state index >= 15 is 0 Å². The Morgan fingerprint density at radius 1 is 1.45 bits per heavy atom. The maximum absolute atomic E-state index is 12.4. The second-order valence-electron chi connectivity index (χ2n) is 5.44. The summed E-state index contributed by atoms with van der Waals surface area (Å²) >= 11 is 0. The van der Waals surface area contributed by atoms with Crippen molar-refractivity contribution in [3.05, 3.63) is 11.9 Å². The predicted molar refractivity (Wildman–Crippen MR) is 71.2 cm³/mol. The molecule has 1 N–H and O–H groups in total. The quantitative estimate of drug-likeness (QED) is 0.874. The van der Waals surface area contributed by atoms with Crippen LogP contribution in [-0.4, -0.2) is 49.0 Å². The second kappa shape index (κ2) is 6.02. The van der Waals surface area contributed by atoms with Crippen molar-refractivity contribution >= 4 is 11.9 Å². The van der Waals surface area contributed by atoms with E-state index in [0.717, 1.165) is 25.7 Å². The number of aromatic carboxylic acids is 1. The summed E-state index contributed by atoms with van der Waals surface area (Å²) < 4.78 is 1.29. The second-order valence-corrected chi connectivity index (χ2v) is 5.44. The largest absolute Gasteiger partial charge is 0.476 e. The van der Waals surface area contributed by atoms with E-state index in [1.165, 1.54) is 10.9 Å². The predicted octanol–water partition coefficient (Wildman–Crippen LogP) is 1.16. The van der Waals surface area contributed by atoms with Crippen LogP contribution in [-0.2, 0) is 11.3 Å². The van der Waals surface area contributed by atoms with Crippen LogP contribution < -0.4 is 0 Å². The average Bonchev–Trinajstić information content (AvgIpc) is 2.99. The molecule has 0 radical (unpaired) electrons. The number of nitrogens with zero attached hydrogens (tertiary/aromatic N) is 4. The number of carboxylic acid groups (broad SMARTS) is 1. The highest BCUT2D eigenvalue weighted by Gasteiger charge is 2.28. The van der Waals surface area contributed by atoms with Crippen LogP contribution in [0.25, 0.3) is 0 Å². The van der Waals surface area contributed by atoms with Crippen molar-refractivity contribution in [2.45, 2.75) is 58.2 Å². The molecule has 0 spiro atoms. The summed E-state index contributed by atoms with van der Waals surface area (Å²) in [6.45, 7) is 4.04. The van der Waals surface area contributed by atoms with Crippen molar-refractivity contribution in [1.82, 2.24) is 19.9 Å². The number of aromatic nitrogens is 3. The number of carboxylic acids is 1. The van der Waals surface area contributed by atoms with Crippen molar-refractivity contribution < 1.29 is 14.7 Å². The van der Waals surface area contributed by atoms with Crippen molar-refractivity contribution in [1.29, 1.82) is 0 Å². The van der Waals surface area contributed by atoms with E-state index in [4.69, 9.17) is 5.11 Å². The van der Waals surface area contributed by atoms with Gasteiger partial charge in [0, 0.05) is 12.1 Å². The maximum atomic E-state index is 12.4. The summed E-state index contributed by atoms with van der Waals surface area (Å²) in [5.41, 5.74) is -0.144. The molecule has 0 unspecified atom stereocenters. The Hall–Kier alpha value is -1.92. The molecule has 1 heterocycles. The first kappa shape index (κ1) is 14.5. The van der Waals surface area contributed by atoms with Gasteiger partial charge in [-0.15, -0.1) is 5.10 Å². The van der Waals surface area contributed by atoms with Gasteiger partial charge in [0.25, 0.3) is 0 Å². The summed E-state index contributed by atoms with van der Waals surface area (Å²) in [6.07, 6.45) is 5.69. The highest BCUT2D eigenvalue weighted by Crippen LogP contribution is 2.25. The molecular weight excluding hydrogens is 260 g/mol. The lowest BCUT2D eigenvalue weighted by Gasteiger charge is -2.32. The fraction of sp³-hybridized carbons (Fsp3) is 0.692. The molecule has 0 saturated heterocycles. The van der Waals surface area contributed by atoms with Crippen LogP contribution in [0.3, 0.4) is 0 Å². The van der Waals surface area contributed by atoms with E-state index in [0.29, 0.717) is 6.04 Å². The Morgan fingerprint density at radius 3 is 2.60 bits per heavy atom. The molecule has 0 aliphatic heterocycles. The molecule has 1 aromatic heterocycles. The third-order valence-corrected chi connectivity index (χ3v) is 3.62. The minimum atomic E-state index is -1.14. The fourth-order valence-electron chi connectivity index (χ4n) is 2.79. The van der Waals surface area contributed by atoms with Crippen LogP contribution >= 0.6 is 0 Å². The Balaban J connectivity index is 2.05. The van der Waals surface area contributed by atoms with Gasteiger partial charge < -0.3 is 10.0 Å². The molecule has 1 fully saturated rings. The van der Waals surface area contributed by atoms with Gasteiger partial charge in [0.15, 0.2) is 5.69 Å². The summed E-state index contributed by atoms with van der Waals surface area (Å²) in [4.78, 5) is 25.0. The lowest BCUT2D eigenvalue weighted by molar-refractivity contribution is -0.136. The molecule has 0 atom stereocenters. The van der Waals surface area contributed by atoms with Gasteiger partial charge in [-0.05, 0) is 26.7 Å². The van der Waals surface area contributed by atoms with Gasteiger partial charge >= 0.3 is 5.97 Å². The topological polar surface area (TPSA) is 88.3 Å². The first-order valence-electron chi connectivity index (χ1n) is 6.93. The minimum absolute atomic E-state index is 0.0336. The number of carbonyl (C=O) groups excluding carboxylic acids is 1. The van der Waals surface area contributed by atoms with Gasteiger partial charge in [-0.2, -0.15) is 0 Å². The van der Waals surface area contributed by atoms with Gasteiger partial charge in [0.2, 0.25) is 5.91 Å². The maximum Gasteiger partial charge on any atom is 0.358 e. The Kier molecular flexibility index (Phi) is 4.36. The monoisotopic (exact) mass is 280 g/mol. The lowest BCUT2D eigenvalue weighted by Crippen LogP contribution is -2.45. The molecule has 7 heteroatoms. The average molecular weight is 280 g/mol. The van der Waals surface area contributed by atoms with Crippen LogP contribution in [0.15, 0.2) is 6.20 Å². The van der Waals surface area contributed by atoms with Crippen LogP contribution in [0.5, 0.6) is 0 Å². The zero-order valence-corrected chi connectivity index (χ0v) is 11.8. The molecular formula is C13H20N4O3. The molecule has 1 aliphatic rings. The van der Waals surface area contributed by atoms with E-state index in [2.05, 4.69) is 10.3 Å². The smallest absolute Gasteiger partial charge is 0.358 e. The van der Waals surface area contributed by atoms with E-state index in [1.54, 1.807) is 0 Å². The van der Waals surface area contributed by atoms with Crippen molar-refractivity contribution in [2.75, 3.05) is 0 Å². The summed E-state index contributed by atoms with van der Waals surface area (Å²) in [5.74, 6) is -1.17. The highest BCUT2D eigenvalue weighted by atomic mass is 16.4. The van der Waals surface area contributed by atoms with Crippen LogP contribution in [0.1, 0.15) is 50.0 Å². The van der Waals surface area contributed by atoms with Gasteiger partial charge in [0.05, 0.1) is 6.20 Å². The molecule has 110 valence electrons. The van der Waals surface area contributed by atoms with Crippen molar-refractivity contribution in [3.8, 4) is 0 Å². The molecule has 7 nitrogen and oxygen atoms in total. The standard InChI is InChI=1S/C13H20N4O3/c1-9(2)17(10-5-3-4-6-10)12(18)8-16-7-11(13(19)20)14-15-16/h7,9-10H,3-6,8H2,1-2H3,(H,19,20). The number of hydrogen-bond donors (Lipinski definition) is 1. The van der Waals surface area contributed by atoms with E-state index < -0.39 is 5.97 Å². The number of amides is 1. The summed E-state index contributed by atoms with van der Waals surface area (Å²) in [6, 6.07) is 0.429. The van der Waals surface area contributed by atoms with E-state index in [9.17, 15) is 9.59 Å². The van der Waals surface area contributed by atoms with Gasteiger partial charge in [-0.1, -0.05) is 18.1 Å². The third kappa shape index (κ3) is 3.15. The number of carbonyl (C=O) groups is 2. The Labute approximate surface area is 117 Å². The van der Waals surface area contributed by atoms with Gasteiger partial charge in [0.1, 0.15) is 6.54 Å². The normalized spacial score (nSPS) is 15.8. The van der Waals surface area contributed by atoms with Crippen molar-refractivity contribution in [2.24, 2.45) is 0 Å². The molecule has 20 heavy (non-hydrogen) atoms. The first-order chi connectivity index (χ1) is 9.49. The molecule has 1 aromatic rings.